The molecular weight excluding hydrogens is 302 g/mol. The van der Waals surface area contributed by atoms with Crippen molar-refractivity contribution in [2.45, 2.75) is 130 Å². The van der Waals surface area contributed by atoms with Gasteiger partial charge in [0.15, 0.2) is 0 Å². The Bertz CT molecular complexity index is 230. The monoisotopic (exact) mass is 353 g/mol. The van der Waals surface area contributed by atoms with Gasteiger partial charge < -0.3 is 5.73 Å². The topological polar surface area (TPSA) is 26.0 Å². The molecule has 0 aromatic rings. The van der Waals surface area contributed by atoms with Gasteiger partial charge in [-0.3, -0.25) is 0 Å². The maximum absolute atomic E-state index is 5.40. The number of unbranched alkanes of at least 4 members (excludes halogenated alkanes) is 13. The van der Waals surface area contributed by atoms with Crippen LogP contribution in [0.1, 0.15) is 130 Å². The highest BCUT2D eigenvalue weighted by Gasteiger charge is 1.93. The summed E-state index contributed by atoms with van der Waals surface area (Å²) in [5, 5.41) is 0. The van der Waals surface area contributed by atoms with Gasteiger partial charge in [-0.05, 0) is 18.8 Å². The van der Waals surface area contributed by atoms with Crippen molar-refractivity contribution in [3.63, 3.8) is 0 Å². The van der Waals surface area contributed by atoms with Crippen LogP contribution < -0.4 is 5.73 Å². The molecule has 0 unspecified atom stereocenters. The Labute approximate surface area is 161 Å². The molecule has 0 bridgehead atoms. The van der Waals surface area contributed by atoms with E-state index in [-0.39, 0.29) is 0 Å². The molecule has 0 saturated heterocycles. The van der Waals surface area contributed by atoms with Crippen molar-refractivity contribution in [1.82, 2.24) is 0 Å². The highest BCUT2D eigenvalue weighted by atomic mass is 14.5. The van der Waals surface area contributed by atoms with Crippen LogP contribution >= 0.6 is 0 Å². The first-order valence-electron chi connectivity index (χ1n) is 11.6. The molecule has 0 heterocycles. The average Bonchev–Trinajstić information content (AvgIpc) is 2.64. The Hall–Kier alpha value is -0.300. The smallest absolute Gasteiger partial charge is 0.0106 e. The molecule has 1 heteroatoms. The van der Waals surface area contributed by atoms with E-state index < -0.39 is 0 Å². The van der Waals surface area contributed by atoms with E-state index in [1.165, 1.54) is 103 Å². The van der Waals surface area contributed by atoms with Gasteiger partial charge in [0.2, 0.25) is 0 Å². The molecule has 0 amide bonds. The van der Waals surface area contributed by atoms with Crippen LogP contribution in [0.3, 0.4) is 0 Å². The van der Waals surface area contributed by atoms with Crippen LogP contribution in [0.4, 0.5) is 0 Å². The van der Waals surface area contributed by atoms with E-state index in [4.69, 9.17) is 5.73 Å². The molecular formula is C24H51N. The van der Waals surface area contributed by atoms with Gasteiger partial charge in [-0.1, -0.05) is 130 Å². The summed E-state index contributed by atoms with van der Waals surface area (Å²) in [7, 11) is 0. The molecule has 0 rings (SSSR count). The van der Waals surface area contributed by atoms with Gasteiger partial charge in [-0.15, -0.1) is 0 Å². The van der Waals surface area contributed by atoms with Crippen molar-refractivity contribution in [2.24, 2.45) is 11.7 Å². The highest BCUT2D eigenvalue weighted by Crippen LogP contribution is 2.12. The molecule has 0 aromatic heterocycles. The third-order valence-corrected chi connectivity index (χ3v) is 5.17. The quantitative estimate of drug-likeness (QED) is 0.206. The number of allylic oxidation sites excluding steroid dienone is 1. The van der Waals surface area contributed by atoms with E-state index in [1.54, 1.807) is 0 Å². The Kier molecular flexibility index (Phi) is 27.9. The van der Waals surface area contributed by atoms with Crippen LogP contribution in [0.2, 0.25) is 0 Å². The molecule has 0 aliphatic carbocycles. The molecule has 0 radical (unpaired) electrons. The predicted octanol–water partition coefficient (Wildman–Crippen LogP) is 8.43. The molecule has 0 saturated carbocycles. The third kappa shape index (κ3) is 28.8. The molecule has 2 N–H and O–H groups in total. The molecule has 25 heavy (non-hydrogen) atoms. The SMILES string of the molecule is CCC(C)CC.CCCCCCCCCCCCCCC/C=C/CN. The van der Waals surface area contributed by atoms with E-state index in [9.17, 15) is 0 Å². The van der Waals surface area contributed by atoms with Crippen molar-refractivity contribution in [3.8, 4) is 0 Å². The second-order valence-corrected chi connectivity index (χ2v) is 7.66. The van der Waals surface area contributed by atoms with Gasteiger partial charge in [0, 0.05) is 6.54 Å². The first-order chi connectivity index (χ1) is 12.2. The Balaban J connectivity index is 0. The Morgan fingerprint density at radius 2 is 1.00 bits per heavy atom. The maximum atomic E-state index is 5.40. The van der Waals surface area contributed by atoms with E-state index >= 15 is 0 Å². The molecule has 1 nitrogen and oxygen atoms in total. The summed E-state index contributed by atoms with van der Waals surface area (Å²) in [6.45, 7) is 9.72. The van der Waals surface area contributed by atoms with Crippen LogP contribution in [0.25, 0.3) is 0 Å². The fraction of sp³-hybridized carbons (Fsp3) is 0.917. The normalized spacial score (nSPS) is 11.1. The molecule has 0 aliphatic heterocycles. The summed E-state index contributed by atoms with van der Waals surface area (Å²) in [6, 6.07) is 0. The van der Waals surface area contributed by atoms with Gasteiger partial charge in [-0.25, -0.2) is 0 Å². The summed E-state index contributed by atoms with van der Waals surface area (Å²) in [5.74, 6) is 0.935. The summed E-state index contributed by atoms with van der Waals surface area (Å²) in [5.41, 5.74) is 5.40. The number of hydrogen-bond donors (Lipinski definition) is 1. The maximum Gasteiger partial charge on any atom is 0.0106 e. The first kappa shape index (κ1) is 26.9. The lowest BCUT2D eigenvalue weighted by molar-refractivity contribution is 0.540. The summed E-state index contributed by atoms with van der Waals surface area (Å²) >= 11 is 0. The van der Waals surface area contributed by atoms with Gasteiger partial charge in [0.25, 0.3) is 0 Å². The number of rotatable bonds is 17. The van der Waals surface area contributed by atoms with Gasteiger partial charge in [0.1, 0.15) is 0 Å². The van der Waals surface area contributed by atoms with Crippen molar-refractivity contribution in [3.05, 3.63) is 12.2 Å². The third-order valence-electron chi connectivity index (χ3n) is 5.17. The van der Waals surface area contributed by atoms with E-state index in [1.807, 2.05) is 0 Å². The van der Waals surface area contributed by atoms with Crippen LogP contribution in [0.5, 0.6) is 0 Å². The fourth-order valence-corrected chi connectivity index (χ4v) is 2.78. The van der Waals surface area contributed by atoms with Gasteiger partial charge in [0.05, 0.1) is 0 Å². The second-order valence-electron chi connectivity index (χ2n) is 7.66. The zero-order valence-electron chi connectivity index (χ0n) is 18.3. The zero-order chi connectivity index (χ0) is 19.0. The van der Waals surface area contributed by atoms with E-state index in [2.05, 4.69) is 39.8 Å². The van der Waals surface area contributed by atoms with Crippen molar-refractivity contribution in [1.29, 1.82) is 0 Å². The molecule has 0 aromatic carbocycles. The van der Waals surface area contributed by atoms with E-state index in [0.29, 0.717) is 6.54 Å². The Morgan fingerprint density at radius 1 is 0.600 bits per heavy atom. The zero-order valence-corrected chi connectivity index (χ0v) is 18.3. The minimum atomic E-state index is 0.693. The molecule has 152 valence electrons. The molecule has 0 spiro atoms. The lowest BCUT2D eigenvalue weighted by Gasteiger charge is -2.02. The predicted molar refractivity (Wildman–Crippen MR) is 118 cm³/mol. The standard InChI is InChI=1S/C18H37N.C6H14/c1-2-3-4-5-6-7-8-9-10-11-12-13-14-15-16-17-18-19;1-4-6(3)5-2/h16-17H,2-15,18-19H2,1H3;6H,4-5H2,1-3H3/b17-16+;. The number of nitrogens with two attached hydrogens (primary N) is 1. The summed E-state index contributed by atoms with van der Waals surface area (Å²) in [6.07, 6.45) is 26.8. The van der Waals surface area contributed by atoms with Crippen LogP contribution in [-0.4, -0.2) is 6.54 Å². The van der Waals surface area contributed by atoms with Gasteiger partial charge in [-0.2, -0.15) is 0 Å². The molecule has 0 aliphatic rings. The minimum Gasteiger partial charge on any atom is -0.327 e. The number of hydrogen-bond acceptors (Lipinski definition) is 1. The highest BCUT2D eigenvalue weighted by molar-refractivity contribution is 4.81. The first-order valence-corrected chi connectivity index (χ1v) is 11.6. The second kappa shape index (κ2) is 25.9. The minimum absolute atomic E-state index is 0.693. The van der Waals surface area contributed by atoms with Crippen LogP contribution in [-0.2, 0) is 0 Å². The lowest BCUT2D eigenvalue weighted by atomic mass is 10.0. The van der Waals surface area contributed by atoms with Gasteiger partial charge >= 0.3 is 0 Å². The summed E-state index contributed by atoms with van der Waals surface area (Å²) < 4.78 is 0. The van der Waals surface area contributed by atoms with E-state index in [0.717, 1.165) is 5.92 Å². The summed E-state index contributed by atoms with van der Waals surface area (Å²) in [4.78, 5) is 0. The van der Waals surface area contributed by atoms with Crippen molar-refractivity contribution < 1.29 is 0 Å². The molecule has 0 fully saturated rings. The fourth-order valence-electron chi connectivity index (χ4n) is 2.78. The largest absolute Gasteiger partial charge is 0.327 e. The van der Waals surface area contributed by atoms with Crippen molar-refractivity contribution in [2.75, 3.05) is 6.54 Å². The molecule has 0 atom stereocenters. The Morgan fingerprint density at radius 3 is 1.32 bits per heavy atom. The van der Waals surface area contributed by atoms with Crippen molar-refractivity contribution >= 4 is 0 Å². The average molecular weight is 354 g/mol. The van der Waals surface area contributed by atoms with Crippen LogP contribution in [0.15, 0.2) is 12.2 Å². The van der Waals surface area contributed by atoms with Crippen LogP contribution in [0, 0.1) is 5.92 Å². The lowest BCUT2D eigenvalue weighted by Crippen LogP contribution is -1.91.